The number of nitrogens with zero attached hydrogens (tertiary/aromatic N) is 1. The lowest BCUT2D eigenvalue weighted by molar-refractivity contribution is -0.383. The molecule has 21 heavy (non-hydrogen) atoms. The van der Waals surface area contributed by atoms with E-state index in [1.807, 2.05) is 0 Å². The highest BCUT2D eigenvalue weighted by atomic mass is 79.9. The van der Waals surface area contributed by atoms with Gasteiger partial charge < -0.3 is 10.4 Å². The van der Waals surface area contributed by atoms with Crippen molar-refractivity contribution < 1.29 is 14.8 Å². The third-order valence-corrected chi connectivity index (χ3v) is 3.50. The van der Waals surface area contributed by atoms with Gasteiger partial charge in [0.1, 0.15) is 11.3 Å². The van der Waals surface area contributed by atoms with Crippen molar-refractivity contribution in [1.29, 1.82) is 0 Å². The molecule has 6 nitrogen and oxygen atoms in total. The first-order valence-electron chi connectivity index (χ1n) is 5.63. The fourth-order valence-corrected chi connectivity index (χ4v) is 2.23. The van der Waals surface area contributed by atoms with E-state index in [1.165, 1.54) is 6.07 Å². The van der Waals surface area contributed by atoms with Crippen LogP contribution in [0.15, 0.2) is 40.9 Å². The quantitative estimate of drug-likeness (QED) is 0.612. The lowest BCUT2D eigenvalue weighted by Crippen LogP contribution is -2.07. The Kier molecular flexibility index (Phi) is 4.44. The number of hydrogen-bond donors (Lipinski definition) is 2. The molecule has 8 heteroatoms. The Bertz CT molecular complexity index is 719. The second-order valence-corrected chi connectivity index (χ2v) is 5.33. The predicted molar refractivity (Wildman–Crippen MR) is 82.5 cm³/mol. The number of nitro groups is 1. The van der Waals surface area contributed by atoms with E-state index in [1.54, 1.807) is 24.3 Å². The van der Waals surface area contributed by atoms with Crippen LogP contribution in [0.5, 0.6) is 0 Å². The van der Waals surface area contributed by atoms with Crippen molar-refractivity contribution >= 4 is 50.6 Å². The first kappa shape index (κ1) is 15.3. The van der Waals surface area contributed by atoms with E-state index >= 15 is 0 Å². The van der Waals surface area contributed by atoms with Gasteiger partial charge in [-0.3, -0.25) is 10.1 Å². The van der Waals surface area contributed by atoms with E-state index in [0.29, 0.717) is 5.69 Å². The molecule has 0 aliphatic rings. The highest BCUT2D eigenvalue weighted by Gasteiger charge is 2.24. The monoisotopic (exact) mass is 370 g/mol. The summed E-state index contributed by atoms with van der Waals surface area (Å²) in [7, 11) is 0. The molecular weight excluding hydrogens is 364 g/mol. The summed E-state index contributed by atoms with van der Waals surface area (Å²) in [6, 6.07) is 9.10. The molecule has 2 aromatic carbocycles. The van der Waals surface area contributed by atoms with Crippen molar-refractivity contribution in [2.45, 2.75) is 0 Å². The van der Waals surface area contributed by atoms with Gasteiger partial charge in [0.15, 0.2) is 0 Å². The summed E-state index contributed by atoms with van der Waals surface area (Å²) in [5.74, 6) is -1.34. The highest BCUT2D eigenvalue weighted by Crippen LogP contribution is 2.35. The topological polar surface area (TPSA) is 92.5 Å². The van der Waals surface area contributed by atoms with Crippen LogP contribution in [0.25, 0.3) is 0 Å². The van der Waals surface area contributed by atoms with Gasteiger partial charge in [-0.2, -0.15) is 0 Å². The summed E-state index contributed by atoms with van der Waals surface area (Å²) < 4.78 is 0.826. The highest BCUT2D eigenvalue weighted by molar-refractivity contribution is 9.10. The molecule has 2 N–H and O–H groups in total. The number of rotatable bonds is 4. The molecule has 0 radical (unpaired) electrons. The average Bonchev–Trinajstić information content (AvgIpc) is 2.40. The van der Waals surface area contributed by atoms with E-state index in [9.17, 15) is 20.0 Å². The molecule has 0 fully saturated rings. The molecule has 0 unspecified atom stereocenters. The number of nitro benzene ring substituents is 1. The smallest absolute Gasteiger partial charge is 0.339 e. The minimum Gasteiger partial charge on any atom is -0.478 e. The molecule has 0 aromatic heterocycles. The number of benzene rings is 2. The van der Waals surface area contributed by atoms with Crippen LogP contribution in [0.3, 0.4) is 0 Å². The normalized spacial score (nSPS) is 10.2. The van der Waals surface area contributed by atoms with Gasteiger partial charge >= 0.3 is 5.97 Å². The molecule has 0 spiro atoms. The number of anilines is 2. The first-order chi connectivity index (χ1) is 9.90. The Morgan fingerprint density at radius 3 is 2.38 bits per heavy atom. The number of hydrogen-bond acceptors (Lipinski definition) is 4. The zero-order chi connectivity index (χ0) is 15.6. The number of carboxylic acid groups (broad SMARTS) is 1. The van der Waals surface area contributed by atoms with E-state index in [2.05, 4.69) is 21.2 Å². The number of carboxylic acids is 1. The molecule has 0 aliphatic heterocycles. The molecule has 2 aromatic rings. The van der Waals surface area contributed by atoms with Gasteiger partial charge in [-0.1, -0.05) is 27.5 Å². The van der Waals surface area contributed by atoms with Crippen molar-refractivity contribution in [1.82, 2.24) is 0 Å². The van der Waals surface area contributed by atoms with Crippen molar-refractivity contribution in [3.05, 3.63) is 61.6 Å². The fraction of sp³-hybridized carbons (Fsp3) is 0. The third kappa shape index (κ3) is 3.32. The molecular formula is C13H8BrClN2O4. The van der Waals surface area contributed by atoms with E-state index in [0.717, 1.165) is 10.5 Å². The molecule has 2 rings (SSSR count). The van der Waals surface area contributed by atoms with Gasteiger partial charge in [0, 0.05) is 16.2 Å². The Balaban J connectivity index is 2.58. The Labute approximate surface area is 132 Å². The number of halogens is 2. The fourth-order valence-electron chi connectivity index (χ4n) is 1.73. The molecule has 108 valence electrons. The standard InChI is InChI=1S/C13H8BrClN2O4/c14-7-1-3-8(4-2-7)16-12-10(17(20)21)6-5-9(15)11(12)13(18)19/h1-6,16H,(H,18,19). The van der Waals surface area contributed by atoms with Gasteiger partial charge in [-0.15, -0.1) is 0 Å². The van der Waals surface area contributed by atoms with Crippen LogP contribution in [0.1, 0.15) is 10.4 Å². The number of carbonyl (C=O) groups is 1. The SMILES string of the molecule is O=C(O)c1c(Cl)ccc([N+](=O)[O-])c1Nc1ccc(Br)cc1. The number of aromatic carboxylic acids is 1. The molecule has 0 saturated heterocycles. The minimum atomic E-state index is -1.34. The lowest BCUT2D eigenvalue weighted by atomic mass is 10.1. The molecule has 0 amide bonds. The average molecular weight is 372 g/mol. The van der Waals surface area contributed by atoms with E-state index < -0.39 is 10.9 Å². The van der Waals surface area contributed by atoms with Gasteiger partial charge in [-0.25, -0.2) is 4.79 Å². The second-order valence-electron chi connectivity index (χ2n) is 4.01. The van der Waals surface area contributed by atoms with Crippen LogP contribution in [-0.4, -0.2) is 16.0 Å². The Hall–Kier alpha value is -2.12. The molecule has 0 saturated carbocycles. The summed E-state index contributed by atoms with van der Waals surface area (Å²) in [5.41, 5.74) is -0.345. The summed E-state index contributed by atoms with van der Waals surface area (Å²) in [5, 5.41) is 23.0. The summed E-state index contributed by atoms with van der Waals surface area (Å²) in [4.78, 5) is 21.7. The van der Waals surface area contributed by atoms with Crippen LogP contribution in [0.2, 0.25) is 5.02 Å². The van der Waals surface area contributed by atoms with Crippen molar-refractivity contribution in [2.24, 2.45) is 0 Å². The van der Waals surface area contributed by atoms with Crippen LogP contribution in [-0.2, 0) is 0 Å². The van der Waals surface area contributed by atoms with Crippen molar-refractivity contribution in [3.8, 4) is 0 Å². The maximum atomic E-state index is 11.3. The van der Waals surface area contributed by atoms with E-state index in [-0.39, 0.29) is 22.0 Å². The van der Waals surface area contributed by atoms with Crippen molar-refractivity contribution in [2.75, 3.05) is 5.32 Å². The first-order valence-corrected chi connectivity index (χ1v) is 6.80. The lowest BCUT2D eigenvalue weighted by Gasteiger charge is -2.11. The zero-order valence-corrected chi connectivity index (χ0v) is 12.7. The van der Waals surface area contributed by atoms with Gasteiger partial charge in [0.2, 0.25) is 0 Å². The van der Waals surface area contributed by atoms with Gasteiger partial charge in [0.25, 0.3) is 5.69 Å². The molecule has 0 bridgehead atoms. The Morgan fingerprint density at radius 1 is 1.24 bits per heavy atom. The zero-order valence-electron chi connectivity index (χ0n) is 10.3. The minimum absolute atomic E-state index is 0.0762. The van der Waals surface area contributed by atoms with E-state index in [4.69, 9.17) is 11.6 Å². The third-order valence-electron chi connectivity index (χ3n) is 2.66. The van der Waals surface area contributed by atoms with Gasteiger partial charge in [0.05, 0.1) is 9.95 Å². The number of nitrogens with one attached hydrogen (secondary N) is 1. The largest absolute Gasteiger partial charge is 0.478 e. The van der Waals surface area contributed by atoms with Crippen LogP contribution in [0, 0.1) is 10.1 Å². The maximum Gasteiger partial charge on any atom is 0.339 e. The second kappa shape index (κ2) is 6.11. The summed E-state index contributed by atoms with van der Waals surface area (Å²) >= 11 is 9.11. The summed E-state index contributed by atoms with van der Waals surface area (Å²) in [6.45, 7) is 0. The predicted octanol–water partition coefficient (Wildman–Crippen LogP) is 4.45. The van der Waals surface area contributed by atoms with Crippen molar-refractivity contribution in [3.63, 3.8) is 0 Å². The van der Waals surface area contributed by atoms with Crippen LogP contribution in [0.4, 0.5) is 17.1 Å². The molecule has 0 heterocycles. The Morgan fingerprint density at radius 2 is 1.86 bits per heavy atom. The van der Waals surface area contributed by atoms with Crippen LogP contribution >= 0.6 is 27.5 Å². The van der Waals surface area contributed by atoms with Gasteiger partial charge in [-0.05, 0) is 30.3 Å². The summed E-state index contributed by atoms with van der Waals surface area (Å²) in [6.07, 6.45) is 0. The molecule has 0 atom stereocenters. The maximum absolute atomic E-state index is 11.3. The van der Waals surface area contributed by atoms with Crippen LogP contribution < -0.4 is 5.32 Å². The molecule has 0 aliphatic carbocycles.